The molecule has 4 rings (SSSR count). The summed E-state index contributed by atoms with van der Waals surface area (Å²) in [4.78, 5) is 38.1. The van der Waals surface area contributed by atoms with Gasteiger partial charge in [-0.3, -0.25) is 14.4 Å². The number of carboxylic acids is 1. The molecule has 212 valence electrons. The number of nitrogens with zero attached hydrogens (tertiary/aromatic N) is 1. The maximum atomic E-state index is 13.6. The van der Waals surface area contributed by atoms with Gasteiger partial charge >= 0.3 is 12.1 Å². The third kappa shape index (κ3) is 6.91. The molecule has 1 amide bonds. The van der Waals surface area contributed by atoms with Gasteiger partial charge in [0.1, 0.15) is 11.8 Å². The van der Waals surface area contributed by atoms with E-state index in [1.165, 1.54) is 0 Å². The number of benzene rings is 2. The van der Waals surface area contributed by atoms with E-state index in [1.807, 2.05) is 31.2 Å². The number of pyridine rings is 1. The van der Waals surface area contributed by atoms with Gasteiger partial charge in [0, 0.05) is 17.8 Å². The fraction of sp³-hybridized carbons (Fsp3) is 0.367. The second-order valence-corrected chi connectivity index (χ2v) is 9.96. The number of aryl methyl sites for hydroxylation is 1. The summed E-state index contributed by atoms with van der Waals surface area (Å²) in [6.07, 6.45) is -1.17. The largest absolute Gasteiger partial charge is 0.493 e. The number of nitrogens with one attached hydrogen (secondary N) is 1. The number of ether oxygens (including phenoxy) is 1. The summed E-state index contributed by atoms with van der Waals surface area (Å²) in [6.45, 7) is 2.43. The van der Waals surface area contributed by atoms with Crippen molar-refractivity contribution in [2.75, 3.05) is 6.61 Å². The molecule has 1 aliphatic heterocycles. The molecule has 2 N–H and O–H groups in total. The molecule has 0 aliphatic carbocycles. The summed E-state index contributed by atoms with van der Waals surface area (Å²) in [6, 6.07) is 12.1. The number of aromatic nitrogens is 1. The number of rotatable bonds is 3. The van der Waals surface area contributed by atoms with Gasteiger partial charge in [-0.2, -0.15) is 13.2 Å². The molecule has 0 saturated heterocycles. The lowest BCUT2D eigenvalue weighted by Crippen LogP contribution is -2.39. The van der Waals surface area contributed by atoms with Gasteiger partial charge in [-0.15, -0.1) is 0 Å². The molecule has 10 heteroatoms. The molecule has 2 aromatic carbocycles. The molecule has 2 bridgehead atoms. The number of fused-ring (bicyclic) bond motifs is 4. The summed E-state index contributed by atoms with van der Waals surface area (Å²) in [5.74, 6) is -1.07. The van der Waals surface area contributed by atoms with Gasteiger partial charge in [0.05, 0.1) is 24.6 Å². The topological polar surface area (TPSA) is 97.6 Å². The summed E-state index contributed by atoms with van der Waals surface area (Å²) in [5.41, 5.74) is 1.11. The van der Waals surface area contributed by atoms with E-state index in [9.17, 15) is 32.7 Å². The van der Waals surface area contributed by atoms with Crippen molar-refractivity contribution in [2.24, 2.45) is 0 Å². The molecule has 2 atom stereocenters. The van der Waals surface area contributed by atoms with Gasteiger partial charge in [0.2, 0.25) is 5.91 Å². The predicted octanol–water partition coefficient (Wildman–Crippen LogP) is 6.06. The Kier molecular flexibility index (Phi) is 8.96. The normalized spacial score (nSPS) is 18.8. The minimum absolute atomic E-state index is 0.194. The van der Waals surface area contributed by atoms with Crippen LogP contribution in [-0.2, 0) is 15.8 Å². The first kappa shape index (κ1) is 28.9. The van der Waals surface area contributed by atoms with E-state index in [-0.39, 0.29) is 6.42 Å². The van der Waals surface area contributed by atoms with E-state index >= 15 is 0 Å². The van der Waals surface area contributed by atoms with E-state index in [0.29, 0.717) is 36.8 Å². The summed E-state index contributed by atoms with van der Waals surface area (Å²) >= 11 is 0. The summed E-state index contributed by atoms with van der Waals surface area (Å²) in [5, 5.41) is 12.4. The molecule has 0 unspecified atom stereocenters. The Morgan fingerprint density at radius 3 is 2.52 bits per heavy atom. The number of carboxylic acid groups (broad SMARTS) is 1. The van der Waals surface area contributed by atoms with Crippen molar-refractivity contribution < 1.29 is 32.6 Å². The minimum atomic E-state index is -4.70. The Balaban J connectivity index is 1.76. The maximum Gasteiger partial charge on any atom is 0.416 e. The molecule has 0 saturated carbocycles. The Morgan fingerprint density at radius 2 is 1.80 bits per heavy atom. The number of carbonyl (C=O) groups is 2. The smallest absolute Gasteiger partial charge is 0.416 e. The number of amides is 1. The van der Waals surface area contributed by atoms with Crippen molar-refractivity contribution in [3.8, 4) is 16.9 Å². The van der Waals surface area contributed by atoms with Crippen LogP contribution in [0.25, 0.3) is 11.1 Å². The number of halogens is 3. The van der Waals surface area contributed by atoms with E-state index < -0.39 is 47.7 Å². The molecule has 40 heavy (non-hydrogen) atoms. The van der Waals surface area contributed by atoms with E-state index in [0.717, 1.165) is 46.4 Å². The van der Waals surface area contributed by atoms with Crippen LogP contribution in [0.15, 0.2) is 65.6 Å². The first-order valence-corrected chi connectivity index (χ1v) is 13.2. The maximum absolute atomic E-state index is 13.6. The lowest BCUT2D eigenvalue weighted by atomic mass is 9.94. The van der Waals surface area contributed by atoms with Crippen LogP contribution in [-0.4, -0.2) is 28.2 Å². The van der Waals surface area contributed by atoms with Crippen LogP contribution >= 0.6 is 0 Å². The van der Waals surface area contributed by atoms with Gasteiger partial charge < -0.3 is 19.7 Å². The van der Waals surface area contributed by atoms with E-state index in [1.54, 1.807) is 18.2 Å². The van der Waals surface area contributed by atoms with Crippen LogP contribution in [0, 0.1) is 6.92 Å². The van der Waals surface area contributed by atoms with E-state index in [4.69, 9.17) is 4.74 Å². The highest BCUT2D eigenvalue weighted by Gasteiger charge is 2.32. The number of aliphatic carboxylic acids is 1. The highest BCUT2D eigenvalue weighted by Crippen LogP contribution is 2.35. The van der Waals surface area contributed by atoms with Crippen LogP contribution in [0.5, 0.6) is 5.75 Å². The van der Waals surface area contributed by atoms with Crippen LogP contribution in [0.3, 0.4) is 0 Å². The highest BCUT2D eigenvalue weighted by molar-refractivity contribution is 5.82. The van der Waals surface area contributed by atoms with Crippen molar-refractivity contribution in [1.29, 1.82) is 0 Å². The van der Waals surface area contributed by atoms with Crippen molar-refractivity contribution >= 4 is 11.9 Å². The van der Waals surface area contributed by atoms with Crippen molar-refractivity contribution in [3.63, 3.8) is 0 Å². The molecule has 2 heterocycles. The average molecular weight is 557 g/mol. The Morgan fingerprint density at radius 1 is 1.05 bits per heavy atom. The quantitative estimate of drug-likeness (QED) is 0.409. The monoisotopic (exact) mass is 556 g/mol. The number of hydrogen-bond acceptors (Lipinski definition) is 4. The van der Waals surface area contributed by atoms with Crippen molar-refractivity contribution in [2.45, 2.75) is 63.7 Å². The fourth-order valence-electron chi connectivity index (χ4n) is 5.03. The highest BCUT2D eigenvalue weighted by atomic mass is 19.4. The average Bonchev–Trinajstić information content (AvgIpc) is 2.89. The third-order valence-electron chi connectivity index (χ3n) is 7.05. The zero-order valence-electron chi connectivity index (χ0n) is 22.0. The third-order valence-corrected chi connectivity index (χ3v) is 7.05. The molecule has 1 aromatic heterocycles. The number of hydrogen-bond donors (Lipinski definition) is 2. The SMILES string of the molecule is Cc1cccc2c1-c1cccc(c1)[C@H](CC(=O)O)NC(=O)[C@@H](n1ccc(C(F)(F)F)cc1=O)CCCCCCO2. The molecule has 3 aromatic rings. The van der Waals surface area contributed by atoms with Crippen LogP contribution < -0.4 is 15.6 Å². The summed E-state index contributed by atoms with van der Waals surface area (Å²) in [7, 11) is 0. The molecule has 0 radical (unpaired) electrons. The molecular weight excluding hydrogens is 525 g/mol. The van der Waals surface area contributed by atoms with E-state index in [2.05, 4.69) is 5.32 Å². The second-order valence-electron chi connectivity index (χ2n) is 9.96. The predicted molar refractivity (Wildman–Crippen MR) is 143 cm³/mol. The Bertz CT molecular complexity index is 1430. The zero-order chi connectivity index (χ0) is 28.9. The molecule has 7 nitrogen and oxygen atoms in total. The number of carbonyl (C=O) groups excluding carboxylic acids is 1. The molecular formula is C30H31F3N2O5. The summed E-state index contributed by atoms with van der Waals surface area (Å²) < 4.78 is 46.6. The number of alkyl halides is 3. The first-order chi connectivity index (χ1) is 19.0. The zero-order valence-corrected chi connectivity index (χ0v) is 22.0. The van der Waals surface area contributed by atoms with Gasteiger partial charge in [-0.05, 0) is 54.7 Å². The molecule has 0 spiro atoms. The molecule has 0 fully saturated rings. The van der Waals surface area contributed by atoms with Crippen LogP contribution in [0.1, 0.15) is 67.3 Å². The van der Waals surface area contributed by atoms with Gasteiger partial charge in [0.25, 0.3) is 5.56 Å². The van der Waals surface area contributed by atoms with Crippen LogP contribution in [0.2, 0.25) is 0 Å². The fourth-order valence-corrected chi connectivity index (χ4v) is 5.03. The second kappa shape index (κ2) is 12.4. The molecule has 1 aliphatic rings. The standard InChI is InChI=1S/C30H31F3N2O5/c1-19-8-6-12-25-28(19)21-10-7-9-20(16-21)23(18-27(37)38)34-29(39)24(11-4-2-3-5-15-40-25)35-14-13-22(17-26(35)36)30(31,32)33/h6-10,12-14,16-17,23-24H,2-5,11,15,18H2,1H3,(H,34,39)(H,37,38)/t23-,24-/m0/s1. The Hall–Kier alpha value is -4.08. The van der Waals surface area contributed by atoms with Crippen molar-refractivity contribution in [1.82, 2.24) is 9.88 Å². The van der Waals surface area contributed by atoms with Gasteiger partial charge in [-0.1, -0.05) is 49.6 Å². The van der Waals surface area contributed by atoms with Gasteiger partial charge in [-0.25, -0.2) is 0 Å². The van der Waals surface area contributed by atoms with Crippen LogP contribution in [0.4, 0.5) is 13.2 Å². The van der Waals surface area contributed by atoms with Crippen molar-refractivity contribution in [3.05, 3.63) is 87.8 Å². The first-order valence-electron chi connectivity index (χ1n) is 13.2. The Labute approximate surface area is 229 Å². The lowest BCUT2D eigenvalue weighted by Gasteiger charge is -2.25. The minimum Gasteiger partial charge on any atom is -0.493 e. The van der Waals surface area contributed by atoms with Gasteiger partial charge in [0.15, 0.2) is 0 Å². The lowest BCUT2D eigenvalue weighted by molar-refractivity contribution is -0.138.